The second-order valence-electron chi connectivity index (χ2n) is 3.61. The van der Waals surface area contributed by atoms with E-state index in [0.717, 1.165) is 12.1 Å². The first-order valence-electron chi connectivity index (χ1n) is 4.75. The molecule has 1 N–H and O–H groups in total. The zero-order valence-electron chi connectivity index (χ0n) is 8.26. The Balaban J connectivity index is 2.41. The van der Waals surface area contributed by atoms with Crippen molar-refractivity contribution in [2.45, 2.75) is 18.8 Å². The van der Waals surface area contributed by atoms with Crippen LogP contribution in [0.2, 0.25) is 0 Å². The van der Waals surface area contributed by atoms with Gasteiger partial charge in [-0.15, -0.1) is 0 Å². The summed E-state index contributed by atoms with van der Waals surface area (Å²) in [4.78, 5) is 11.1. The Morgan fingerprint density at radius 3 is 2.81 bits per heavy atom. The van der Waals surface area contributed by atoms with Crippen molar-refractivity contribution in [3.63, 3.8) is 0 Å². The Labute approximate surface area is 90.7 Å². The second-order valence-corrected chi connectivity index (χ2v) is 3.61. The Kier molecular flexibility index (Phi) is 2.35. The van der Waals surface area contributed by atoms with Crippen molar-refractivity contribution in [3.8, 4) is 6.07 Å². The Morgan fingerprint density at radius 1 is 1.38 bits per heavy atom. The van der Waals surface area contributed by atoms with E-state index in [9.17, 15) is 13.6 Å². The molecule has 1 amide bonds. The number of hydrogen-bond acceptors (Lipinski definition) is 2. The number of carbonyl (C=O) groups is 1. The fraction of sp³-hybridized carbons (Fsp3) is 0.273. The fourth-order valence-corrected chi connectivity index (χ4v) is 1.64. The van der Waals surface area contributed by atoms with Gasteiger partial charge in [0.1, 0.15) is 6.07 Å². The number of halogens is 2. The van der Waals surface area contributed by atoms with Gasteiger partial charge < -0.3 is 5.32 Å². The summed E-state index contributed by atoms with van der Waals surface area (Å²) in [6, 6.07) is 4.80. The molecular weight excluding hydrogens is 214 g/mol. The number of benzene rings is 1. The molecule has 5 heteroatoms. The minimum absolute atomic E-state index is 0.118. The summed E-state index contributed by atoms with van der Waals surface area (Å²) in [7, 11) is 0. The lowest BCUT2D eigenvalue weighted by molar-refractivity contribution is -0.116. The molecule has 1 aliphatic rings. The molecule has 1 aromatic carbocycles. The number of hydrogen-bond donors (Lipinski definition) is 1. The molecule has 0 fully saturated rings. The average Bonchev–Trinajstić information content (AvgIpc) is 2.28. The third-order valence-electron chi connectivity index (χ3n) is 2.50. The summed E-state index contributed by atoms with van der Waals surface area (Å²) in [5.74, 6) is -3.59. The first-order valence-corrected chi connectivity index (χ1v) is 4.75. The Bertz CT molecular complexity index is 491. The number of nitriles is 1. The van der Waals surface area contributed by atoms with Crippen LogP contribution in [0, 0.1) is 11.3 Å². The fourth-order valence-electron chi connectivity index (χ4n) is 1.64. The van der Waals surface area contributed by atoms with E-state index in [1.165, 1.54) is 12.1 Å². The first kappa shape index (κ1) is 10.6. The molecule has 0 radical (unpaired) electrons. The first-order chi connectivity index (χ1) is 7.53. The van der Waals surface area contributed by atoms with E-state index in [-0.39, 0.29) is 17.9 Å². The van der Waals surface area contributed by atoms with Crippen LogP contribution in [0.1, 0.15) is 17.5 Å². The zero-order chi connectivity index (χ0) is 11.8. The van der Waals surface area contributed by atoms with E-state index in [4.69, 9.17) is 5.26 Å². The maximum absolute atomic E-state index is 13.1. The number of rotatable bonds is 1. The van der Waals surface area contributed by atoms with Crippen LogP contribution in [0.15, 0.2) is 18.2 Å². The number of nitrogens with one attached hydrogen (secondary N) is 1. The minimum atomic E-state index is -3.48. The molecule has 0 aliphatic carbocycles. The van der Waals surface area contributed by atoms with Crippen LogP contribution >= 0.6 is 0 Å². The maximum atomic E-state index is 13.1. The highest BCUT2D eigenvalue weighted by molar-refractivity contribution is 5.93. The van der Waals surface area contributed by atoms with Gasteiger partial charge in [0.15, 0.2) is 0 Å². The van der Waals surface area contributed by atoms with Crippen molar-refractivity contribution in [1.82, 2.24) is 0 Å². The average molecular weight is 222 g/mol. The van der Waals surface area contributed by atoms with Gasteiger partial charge >= 0.3 is 5.92 Å². The number of fused-ring (bicyclic) bond motifs is 1. The van der Waals surface area contributed by atoms with Crippen molar-refractivity contribution in [3.05, 3.63) is 29.3 Å². The van der Waals surface area contributed by atoms with Crippen molar-refractivity contribution >= 4 is 11.6 Å². The van der Waals surface area contributed by atoms with Gasteiger partial charge in [-0.3, -0.25) is 4.79 Å². The van der Waals surface area contributed by atoms with Gasteiger partial charge in [0.05, 0.1) is 0 Å². The van der Waals surface area contributed by atoms with Crippen LogP contribution in [-0.4, -0.2) is 5.91 Å². The normalized spacial score (nSPS) is 14.9. The molecule has 0 unspecified atom stereocenters. The van der Waals surface area contributed by atoms with Crippen LogP contribution in [0.4, 0.5) is 14.5 Å². The molecule has 0 saturated carbocycles. The third-order valence-corrected chi connectivity index (χ3v) is 2.50. The van der Waals surface area contributed by atoms with Crippen LogP contribution in [0.5, 0.6) is 0 Å². The summed E-state index contributed by atoms with van der Waals surface area (Å²) < 4.78 is 26.2. The quantitative estimate of drug-likeness (QED) is 0.791. The molecule has 0 saturated heterocycles. The predicted molar refractivity (Wildman–Crippen MR) is 52.9 cm³/mol. The molecule has 0 spiro atoms. The van der Waals surface area contributed by atoms with Crippen LogP contribution in [0.3, 0.4) is 0 Å². The standard InChI is InChI=1S/C11H8F2N2O/c12-11(13,6-14)8-2-3-9-7(5-8)1-4-10(16)15-9/h2-3,5H,1,4H2,(H,15,16). The van der Waals surface area contributed by atoms with Gasteiger partial charge in [-0.05, 0) is 30.2 Å². The smallest absolute Gasteiger partial charge is 0.326 e. The third kappa shape index (κ3) is 1.74. The number of alkyl halides is 2. The molecule has 1 aromatic rings. The van der Waals surface area contributed by atoms with E-state index in [0.29, 0.717) is 17.7 Å². The number of nitrogens with zero attached hydrogens (tertiary/aromatic N) is 1. The zero-order valence-corrected chi connectivity index (χ0v) is 8.26. The van der Waals surface area contributed by atoms with Gasteiger partial charge in [-0.1, -0.05) is 0 Å². The summed E-state index contributed by atoms with van der Waals surface area (Å²) >= 11 is 0. The maximum Gasteiger partial charge on any atom is 0.357 e. The number of aryl methyl sites for hydroxylation is 1. The van der Waals surface area contributed by atoms with Gasteiger partial charge in [-0.25, -0.2) is 0 Å². The van der Waals surface area contributed by atoms with E-state index in [1.54, 1.807) is 0 Å². The van der Waals surface area contributed by atoms with Gasteiger partial charge in [0, 0.05) is 17.7 Å². The Morgan fingerprint density at radius 2 is 2.12 bits per heavy atom. The molecule has 0 bridgehead atoms. The van der Waals surface area contributed by atoms with E-state index in [1.807, 2.05) is 0 Å². The lowest BCUT2D eigenvalue weighted by Gasteiger charge is -2.18. The lowest BCUT2D eigenvalue weighted by atomic mass is 9.98. The molecule has 0 atom stereocenters. The monoisotopic (exact) mass is 222 g/mol. The summed E-state index contributed by atoms with van der Waals surface area (Å²) in [5.41, 5.74) is 0.866. The summed E-state index contributed by atoms with van der Waals surface area (Å²) in [5, 5.41) is 10.9. The molecular formula is C11H8F2N2O. The minimum Gasteiger partial charge on any atom is -0.326 e. The number of carbonyl (C=O) groups excluding carboxylic acids is 1. The highest BCUT2D eigenvalue weighted by Gasteiger charge is 2.32. The molecule has 1 heterocycles. The highest BCUT2D eigenvalue weighted by atomic mass is 19.3. The molecule has 82 valence electrons. The topological polar surface area (TPSA) is 52.9 Å². The van der Waals surface area contributed by atoms with Crippen LogP contribution in [0.25, 0.3) is 0 Å². The van der Waals surface area contributed by atoms with Gasteiger partial charge in [0.2, 0.25) is 5.91 Å². The lowest BCUT2D eigenvalue weighted by Crippen LogP contribution is -2.20. The predicted octanol–water partition coefficient (Wildman–Crippen LogP) is 2.19. The number of amides is 1. The summed E-state index contributed by atoms with van der Waals surface area (Å²) in [6.45, 7) is 0. The van der Waals surface area contributed by atoms with Crippen molar-refractivity contribution in [2.24, 2.45) is 0 Å². The summed E-state index contributed by atoms with van der Waals surface area (Å²) in [6.07, 6.45) is 0.713. The van der Waals surface area contributed by atoms with Crippen molar-refractivity contribution < 1.29 is 13.6 Å². The van der Waals surface area contributed by atoms with Gasteiger partial charge in [0.25, 0.3) is 0 Å². The van der Waals surface area contributed by atoms with E-state index < -0.39 is 5.92 Å². The van der Waals surface area contributed by atoms with Crippen LogP contribution < -0.4 is 5.32 Å². The second kappa shape index (κ2) is 3.56. The largest absolute Gasteiger partial charge is 0.357 e. The van der Waals surface area contributed by atoms with Crippen molar-refractivity contribution in [1.29, 1.82) is 5.26 Å². The molecule has 0 aromatic heterocycles. The molecule has 2 rings (SSSR count). The molecule has 1 aliphatic heterocycles. The van der Waals surface area contributed by atoms with Crippen LogP contribution in [-0.2, 0) is 17.1 Å². The molecule has 16 heavy (non-hydrogen) atoms. The Hall–Kier alpha value is -1.96. The highest BCUT2D eigenvalue weighted by Crippen LogP contribution is 2.31. The van der Waals surface area contributed by atoms with E-state index in [2.05, 4.69) is 5.32 Å². The van der Waals surface area contributed by atoms with E-state index >= 15 is 0 Å². The SMILES string of the molecule is N#CC(F)(F)c1ccc2c(c1)CCC(=O)N2. The number of anilines is 1. The van der Waals surface area contributed by atoms with Gasteiger partial charge in [-0.2, -0.15) is 14.0 Å². The molecule has 3 nitrogen and oxygen atoms in total. The van der Waals surface area contributed by atoms with Crippen molar-refractivity contribution in [2.75, 3.05) is 5.32 Å².